The van der Waals surface area contributed by atoms with Crippen LogP contribution in [-0.4, -0.2) is 71.7 Å². The van der Waals surface area contributed by atoms with Gasteiger partial charge in [-0.25, -0.2) is 0 Å². The van der Waals surface area contributed by atoms with E-state index in [1.807, 2.05) is 78.2 Å². The summed E-state index contributed by atoms with van der Waals surface area (Å²) in [6.07, 6.45) is 0.732. The van der Waals surface area contributed by atoms with Crippen LogP contribution in [-0.2, 0) is 28.7 Å². The van der Waals surface area contributed by atoms with Gasteiger partial charge in [0.05, 0.1) is 11.6 Å². The second kappa shape index (κ2) is 13.4. The van der Waals surface area contributed by atoms with Crippen LogP contribution in [0.4, 0.5) is 5.00 Å². The highest BCUT2D eigenvalue weighted by molar-refractivity contribution is 8.00. The summed E-state index contributed by atoms with van der Waals surface area (Å²) in [5, 5.41) is 6.42. The quantitative estimate of drug-likeness (QED) is 0.149. The number of carbonyl (C=O) groups excluding carboxylic acids is 4. The van der Waals surface area contributed by atoms with Gasteiger partial charge in [-0.05, 0) is 35.6 Å². The van der Waals surface area contributed by atoms with Crippen LogP contribution in [0.2, 0.25) is 0 Å². The van der Waals surface area contributed by atoms with Crippen molar-refractivity contribution in [2.75, 3.05) is 30.3 Å². The zero-order valence-electron chi connectivity index (χ0n) is 23.8. The Morgan fingerprint density at radius 3 is 2.35 bits per heavy atom. The molecular weight excluding hydrogens is 588 g/mol. The largest absolute Gasteiger partial charge is 0.465 e. The molecule has 0 radical (unpaired) electrons. The maximum Gasteiger partial charge on any atom is 0.327 e. The highest BCUT2D eigenvalue weighted by Gasteiger charge is 2.60. The average Bonchev–Trinajstić information content (AvgIpc) is 3.56. The van der Waals surface area contributed by atoms with E-state index in [0.29, 0.717) is 5.00 Å². The van der Waals surface area contributed by atoms with E-state index in [1.54, 1.807) is 11.8 Å². The molecule has 0 spiro atoms. The molecule has 12 heteroatoms. The molecule has 2 saturated heterocycles. The lowest BCUT2D eigenvalue weighted by molar-refractivity contribution is -0.160. The lowest BCUT2D eigenvalue weighted by Crippen LogP contribution is -2.74. The molecule has 10 nitrogen and oxygen atoms in total. The van der Waals surface area contributed by atoms with Crippen molar-refractivity contribution in [3.8, 4) is 0 Å². The van der Waals surface area contributed by atoms with E-state index in [1.165, 1.54) is 41.1 Å². The molecule has 5 rings (SSSR count). The van der Waals surface area contributed by atoms with E-state index in [2.05, 4.69) is 10.5 Å². The number of esters is 2. The summed E-state index contributed by atoms with van der Waals surface area (Å²) in [4.78, 5) is 55.3. The van der Waals surface area contributed by atoms with Crippen molar-refractivity contribution < 1.29 is 28.7 Å². The van der Waals surface area contributed by atoms with Crippen molar-refractivity contribution in [2.24, 2.45) is 10.5 Å². The minimum atomic E-state index is -1.32. The third-order valence-corrected chi connectivity index (χ3v) is 9.61. The third-order valence-electron chi connectivity index (χ3n) is 7.21. The number of thioether (sulfide) groups is 1. The first-order valence-electron chi connectivity index (χ1n) is 13.8. The van der Waals surface area contributed by atoms with Crippen LogP contribution in [0.15, 0.2) is 83.3 Å². The van der Waals surface area contributed by atoms with E-state index >= 15 is 0 Å². The number of anilines is 1. The minimum absolute atomic E-state index is 0.00983. The fourth-order valence-electron chi connectivity index (χ4n) is 5.13. The van der Waals surface area contributed by atoms with E-state index < -0.39 is 29.5 Å². The van der Waals surface area contributed by atoms with Gasteiger partial charge < -0.3 is 14.4 Å². The molecule has 2 fully saturated rings. The fourth-order valence-corrected chi connectivity index (χ4v) is 7.47. The summed E-state index contributed by atoms with van der Waals surface area (Å²) in [6.45, 7) is 3.22. The Kier molecular flexibility index (Phi) is 9.46. The van der Waals surface area contributed by atoms with Crippen LogP contribution < -0.4 is 10.3 Å². The van der Waals surface area contributed by atoms with E-state index in [0.717, 1.165) is 11.1 Å². The number of amides is 2. The molecule has 1 N–H and O–H groups in total. The number of nitrogens with one attached hydrogen (secondary N) is 1. The Morgan fingerprint density at radius 1 is 1.09 bits per heavy atom. The standard InChI is InChI=1S/C31H32N4O6S2/c1-3-40-25(37)17-32-33-18-31(30(39)41-27(22-11-6-4-7-12-22)23-13-8-5-9-14-23)19-34-28(38)26(29(34)43-20-31)35(21(2)36)24-15-10-16-42-24/h4-16,18,26-27,29,32H,3,17,19-20H2,1-2H3/t26?,29-,31?/m1/s1. The summed E-state index contributed by atoms with van der Waals surface area (Å²) in [7, 11) is 0. The van der Waals surface area contributed by atoms with Crippen molar-refractivity contribution in [3.63, 3.8) is 0 Å². The van der Waals surface area contributed by atoms with E-state index in [4.69, 9.17) is 9.47 Å². The Labute approximate surface area is 258 Å². The van der Waals surface area contributed by atoms with Gasteiger partial charge in [-0.1, -0.05) is 60.7 Å². The number of β-lactam (4-membered cyclic amide) rings is 1. The van der Waals surface area contributed by atoms with Gasteiger partial charge in [0, 0.05) is 25.4 Å². The number of fused-ring (bicyclic) bond motifs is 1. The summed E-state index contributed by atoms with van der Waals surface area (Å²) in [5.74, 6) is -1.28. The van der Waals surface area contributed by atoms with E-state index in [9.17, 15) is 19.2 Å². The maximum atomic E-state index is 14.2. The maximum absolute atomic E-state index is 14.2. The highest BCUT2D eigenvalue weighted by atomic mass is 32.2. The van der Waals surface area contributed by atoms with Gasteiger partial charge in [0.1, 0.15) is 23.4 Å². The predicted molar refractivity (Wildman–Crippen MR) is 166 cm³/mol. The van der Waals surface area contributed by atoms with Crippen LogP contribution in [0.1, 0.15) is 31.1 Å². The van der Waals surface area contributed by atoms with Gasteiger partial charge in [-0.2, -0.15) is 5.10 Å². The number of rotatable bonds is 11. The first-order chi connectivity index (χ1) is 20.8. The molecule has 43 heavy (non-hydrogen) atoms. The normalized spacial score (nSPS) is 21.2. The lowest BCUT2D eigenvalue weighted by Gasteiger charge is -2.55. The molecule has 0 aliphatic carbocycles. The minimum Gasteiger partial charge on any atom is -0.465 e. The monoisotopic (exact) mass is 620 g/mol. The van der Waals surface area contributed by atoms with Crippen molar-refractivity contribution in [1.29, 1.82) is 0 Å². The smallest absolute Gasteiger partial charge is 0.327 e. The molecule has 2 amide bonds. The Morgan fingerprint density at radius 2 is 1.77 bits per heavy atom. The zero-order valence-corrected chi connectivity index (χ0v) is 25.4. The highest BCUT2D eigenvalue weighted by Crippen LogP contribution is 2.46. The number of thiophene rings is 1. The molecule has 3 aromatic rings. The molecule has 224 valence electrons. The Balaban J connectivity index is 1.41. The molecule has 3 heterocycles. The average molecular weight is 621 g/mol. The first-order valence-corrected chi connectivity index (χ1v) is 15.8. The van der Waals surface area contributed by atoms with Crippen LogP contribution in [0, 0.1) is 5.41 Å². The van der Waals surface area contributed by atoms with Crippen molar-refractivity contribution in [2.45, 2.75) is 31.4 Å². The molecule has 2 aliphatic heterocycles. The van der Waals surface area contributed by atoms with Gasteiger partial charge in [0.25, 0.3) is 0 Å². The number of nitrogens with zero attached hydrogens (tertiary/aromatic N) is 3. The molecule has 0 saturated carbocycles. The SMILES string of the molecule is CCOC(=O)CNN=CC1(C(=O)OC(c2ccccc2)c2ccccc2)CS[C@@H]2C(N(C(C)=O)c3cccs3)C(=O)N2C1. The lowest BCUT2D eigenvalue weighted by atomic mass is 9.87. The molecule has 1 aromatic heterocycles. The van der Waals surface area contributed by atoms with Gasteiger partial charge in [-0.15, -0.1) is 23.1 Å². The summed E-state index contributed by atoms with van der Waals surface area (Å²) in [5.41, 5.74) is 2.92. The van der Waals surface area contributed by atoms with Crippen LogP contribution in [0.3, 0.4) is 0 Å². The second-order valence-electron chi connectivity index (χ2n) is 10.1. The van der Waals surface area contributed by atoms with Gasteiger partial charge in [0.15, 0.2) is 6.10 Å². The van der Waals surface area contributed by atoms with E-state index in [-0.39, 0.29) is 42.6 Å². The molecule has 3 atom stereocenters. The molecular formula is C31H32N4O6S2. The second-order valence-corrected chi connectivity index (χ2v) is 12.1. The molecule has 2 aliphatic rings. The van der Waals surface area contributed by atoms with Gasteiger partial charge >= 0.3 is 11.9 Å². The third kappa shape index (κ3) is 6.45. The van der Waals surface area contributed by atoms with Crippen molar-refractivity contribution in [1.82, 2.24) is 10.3 Å². The summed E-state index contributed by atoms with van der Waals surface area (Å²) in [6, 6.07) is 21.8. The summed E-state index contributed by atoms with van der Waals surface area (Å²) >= 11 is 2.79. The molecule has 2 unspecified atom stereocenters. The molecule has 0 bridgehead atoms. The Bertz CT molecular complexity index is 1430. The molecule has 2 aromatic carbocycles. The number of hydrogen-bond acceptors (Lipinski definition) is 10. The number of ether oxygens (including phenoxy) is 2. The van der Waals surface area contributed by atoms with Crippen LogP contribution in [0.5, 0.6) is 0 Å². The fraction of sp³-hybridized carbons (Fsp3) is 0.323. The topological polar surface area (TPSA) is 118 Å². The zero-order chi connectivity index (χ0) is 30.4. The number of benzene rings is 2. The van der Waals surface area contributed by atoms with Crippen molar-refractivity contribution in [3.05, 3.63) is 89.3 Å². The first kappa shape index (κ1) is 30.3. The van der Waals surface area contributed by atoms with Crippen LogP contribution >= 0.6 is 23.1 Å². The van der Waals surface area contributed by atoms with Crippen molar-refractivity contribution >= 4 is 58.1 Å². The Hall–Kier alpha value is -4.16. The van der Waals surface area contributed by atoms with Crippen LogP contribution in [0.25, 0.3) is 0 Å². The predicted octanol–water partition coefficient (Wildman–Crippen LogP) is 3.84. The van der Waals surface area contributed by atoms with Gasteiger partial charge in [-0.3, -0.25) is 29.5 Å². The number of hydrogen-bond donors (Lipinski definition) is 1. The number of hydrazone groups is 1. The van der Waals surface area contributed by atoms with Gasteiger partial charge in [0.2, 0.25) is 11.8 Å². The number of carbonyl (C=O) groups is 4. The summed E-state index contributed by atoms with van der Waals surface area (Å²) < 4.78 is 11.2.